The quantitative estimate of drug-likeness (QED) is 0.121. The summed E-state index contributed by atoms with van der Waals surface area (Å²) < 4.78 is 42.8. The highest BCUT2D eigenvalue weighted by molar-refractivity contribution is 6.12. The van der Waals surface area contributed by atoms with Gasteiger partial charge in [0.2, 0.25) is 0 Å². The first kappa shape index (κ1) is 32.6. The number of rotatable bonds is 13. The molecule has 0 unspecified atom stereocenters. The van der Waals surface area contributed by atoms with E-state index in [1.165, 1.54) is 0 Å². The fourth-order valence-electron chi connectivity index (χ4n) is 5.58. The number of nitrogens with zero attached hydrogens (tertiary/aromatic N) is 1. The largest absolute Gasteiger partial charge is 0.493 e. The van der Waals surface area contributed by atoms with E-state index in [4.69, 9.17) is 32.8 Å². The molecule has 3 aromatic carbocycles. The molecule has 0 radical (unpaired) electrons. The molecular formula is C37H43NO8. The molecule has 0 spiro atoms. The summed E-state index contributed by atoms with van der Waals surface area (Å²) in [6.45, 7) is 12.3. The number of aryl methyl sites for hydroxylation is 2. The van der Waals surface area contributed by atoms with E-state index in [9.17, 15) is 4.79 Å². The molecule has 2 aromatic heterocycles. The smallest absolute Gasteiger partial charge is 0.361 e. The van der Waals surface area contributed by atoms with E-state index in [2.05, 4.69) is 0 Å². The maximum absolute atomic E-state index is 13.8. The molecule has 5 aromatic rings. The minimum atomic E-state index is -0.444. The summed E-state index contributed by atoms with van der Waals surface area (Å²) >= 11 is 0. The zero-order chi connectivity index (χ0) is 33.1. The molecule has 0 fully saturated rings. The Balaban J connectivity index is 1.71. The second-order valence-corrected chi connectivity index (χ2v) is 11.9. The number of hydrogen-bond acceptors (Lipinski definition) is 8. The summed E-state index contributed by atoms with van der Waals surface area (Å²) in [4.78, 5) is 13.8. The van der Waals surface area contributed by atoms with E-state index in [1.54, 1.807) is 27.4 Å². The molecule has 244 valence electrons. The highest BCUT2D eigenvalue weighted by atomic mass is 16.5. The van der Waals surface area contributed by atoms with Gasteiger partial charge in [0.05, 0.1) is 39.6 Å². The molecule has 0 saturated carbocycles. The second kappa shape index (κ2) is 13.7. The van der Waals surface area contributed by atoms with Crippen LogP contribution in [0.2, 0.25) is 0 Å². The van der Waals surface area contributed by atoms with Crippen LogP contribution >= 0.6 is 0 Å². The SMILES string of the molecule is COc1ccc(CCn2cc(-c3ccc(OC)c(OC(C)C)c3)c3c4cc(OC)c(OC(C)C)cc4oc(=O)c32)cc1OC(C)C. The molecule has 0 amide bonds. The van der Waals surface area contributed by atoms with Gasteiger partial charge in [0, 0.05) is 35.1 Å². The van der Waals surface area contributed by atoms with Gasteiger partial charge in [-0.2, -0.15) is 0 Å². The van der Waals surface area contributed by atoms with Crippen LogP contribution in [0.25, 0.3) is 33.0 Å². The molecular weight excluding hydrogens is 586 g/mol. The Labute approximate surface area is 269 Å². The van der Waals surface area contributed by atoms with Gasteiger partial charge in [0.25, 0.3) is 0 Å². The normalized spacial score (nSPS) is 11.6. The number of fused-ring (bicyclic) bond motifs is 3. The van der Waals surface area contributed by atoms with Crippen LogP contribution in [0.5, 0.6) is 34.5 Å². The second-order valence-electron chi connectivity index (χ2n) is 11.9. The monoisotopic (exact) mass is 629 g/mol. The Kier molecular flexibility index (Phi) is 9.70. The molecule has 46 heavy (non-hydrogen) atoms. The van der Waals surface area contributed by atoms with Gasteiger partial charge in [-0.05, 0) is 89.4 Å². The topological polar surface area (TPSA) is 90.5 Å². The van der Waals surface area contributed by atoms with Crippen LogP contribution in [0.15, 0.2) is 63.9 Å². The Hall–Kier alpha value is -4.79. The summed E-state index contributed by atoms with van der Waals surface area (Å²) in [6, 6.07) is 15.3. The molecule has 0 saturated heterocycles. The van der Waals surface area contributed by atoms with Crippen molar-refractivity contribution in [2.75, 3.05) is 21.3 Å². The van der Waals surface area contributed by atoms with Crippen LogP contribution < -0.4 is 34.0 Å². The lowest BCUT2D eigenvalue weighted by Crippen LogP contribution is -2.10. The molecule has 5 rings (SSSR count). The average Bonchev–Trinajstić information content (AvgIpc) is 3.39. The summed E-state index contributed by atoms with van der Waals surface area (Å²) in [7, 11) is 4.84. The van der Waals surface area contributed by atoms with Crippen molar-refractivity contribution in [3.05, 3.63) is 70.7 Å². The summed E-state index contributed by atoms with van der Waals surface area (Å²) in [5, 5.41) is 1.48. The molecule has 9 nitrogen and oxygen atoms in total. The van der Waals surface area contributed by atoms with Crippen LogP contribution in [0.4, 0.5) is 0 Å². The van der Waals surface area contributed by atoms with E-state index >= 15 is 0 Å². The Morgan fingerprint density at radius 3 is 1.83 bits per heavy atom. The van der Waals surface area contributed by atoms with Gasteiger partial charge in [-0.15, -0.1) is 0 Å². The van der Waals surface area contributed by atoms with Crippen LogP contribution in [-0.4, -0.2) is 44.2 Å². The third-order valence-electron chi connectivity index (χ3n) is 7.44. The highest BCUT2D eigenvalue weighted by Gasteiger charge is 2.22. The van der Waals surface area contributed by atoms with Crippen molar-refractivity contribution >= 4 is 21.9 Å². The lowest BCUT2D eigenvalue weighted by Gasteiger charge is -2.15. The van der Waals surface area contributed by atoms with Crippen molar-refractivity contribution in [1.29, 1.82) is 0 Å². The van der Waals surface area contributed by atoms with Gasteiger partial charge in [0.15, 0.2) is 34.5 Å². The molecule has 0 aliphatic carbocycles. The lowest BCUT2D eigenvalue weighted by atomic mass is 10.0. The summed E-state index contributed by atoms with van der Waals surface area (Å²) in [5.74, 6) is 3.65. The molecule has 2 heterocycles. The first-order valence-electron chi connectivity index (χ1n) is 15.6. The number of methoxy groups -OCH3 is 3. The third-order valence-corrected chi connectivity index (χ3v) is 7.44. The maximum Gasteiger partial charge on any atom is 0.361 e. The van der Waals surface area contributed by atoms with Gasteiger partial charge in [-0.1, -0.05) is 12.1 Å². The van der Waals surface area contributed by atoms with E-state index in [0.29, 0.717) is 58.6 Å². The van der Waals surface area contributed by atoms with Gasteiger partial charge in [-0.25, -0.2) is 4.79 Å². The Morgan fingerprint density at radius 1 is 0.674 bits per heavy atom. The van der Waals surface area contributed by atoms with Gasteiger partial charge >= 0.3 is 5.63 Å². The van der Waals surface area contributed by atoms with Gasteiger partial charge in [0.1, 0.15) is 11.1 Å². The molecule has 0 atom stereocenters. The number of ether oxygens (including phenoxy) is 6. The van der Waals surface area contributed by atoms with E-state index in [1.807, 2.05) is 94.8 Å². The van der Waals surface area contributed by atoms with Crippen molar-refractivity contribution in [3.63, 3.8) is 0 Å². The standard InChI is InChI=1S/C37H43NO8/c1-21(2)43-32-16-24(10-12-28(32)40-7)14-15-38-20-27(25-11-13-29(41-8)33(17-25)44-22(3)4)35-26-18-31(42-9)34(45-23(5)6)19-30(26)46-37(39)36(35)38/h10-13,16-23H,14-15H2,1-9H3. The van der Waals surface area contributed by atoms with E-state index in [-0.39, 0.29) is 18.3 Å². The first-order chi connectivity index (χ1) is 22.0. The fraction of sp³-hybridized carbons (Fsp3) is 0.378. The van der Waals surface area contributed by atoms with Crippen molar-refractivity contribution in [1.82, 2.24) is 4.57 Å². The third kappa shape index (κ3) is 6.73. The summed E-state index contributed by atoms with van der Waals surface area (Å²) in [6.07, 6.45) is 2.48. The molecule has 0 aliphatic heterocycles. The van der Waals surface area contributed by atoms with Crippen molar-refractivity contribution in [2.45, 2.75) is 72.8 Å². The average molecular weight is 630 g/mol. The Bertz CT molecular complexity index is 1900. The molecule has 0 N–H and O–H groups in total. The number of benzene rings is 3. The van der Waals surface area contributed by atoms with Gasteiger partial charge < -0.3 is 37.4 Å². The minimum Gasteiger partial charge on any atom is -0.493 e. The summed E-state index contributed by atoms with van der Waals surface area (Å²) in [5.41, 5.74) is 3.18. The fourth-order valence-corrected chi connectivity index (χ4v) is 5.58. The van der Waals surface area contributed by atoms with Crippen molar-refractivity contribution in [3.8, 4) is 45.6 Å². The molecule has 0 bridgehead atoms. The Morgan fingerprint density at radius 2 is 1.24 bits per heavy atom. The maximum atomic E-state index is 13.8. The zero-order valence-corrected chi connectivity index (χ0v) is 28.1. The number of aromatic nitrogens is 1. The minimum absolute atomic E-state index is 0.00415. The van der Waals surface area contributed by atoms with Gasteiger partial charge in [-0.3, -0.25) is 0 Å². The zero-order valence-electron chi connectivity index (χ0n) is 28.1. The van der Waals surface area contributed by atoms with Crippen LogP contribution in [-0.2, 0) is 13.0 Å². The predicted octanol–water partition coefficient (Wildman–Crippen LogP) is 8.04. The van der Waals surface area contributed by atoms with E-state index in [0.717, 1.165) is 27.5 Å². The van der Waals surface area contributed by atoms with Crippen LogP contribution in [0.1, 0.15) is 47.1 Å². The van der Waals surface area contributed by atoms with Crippen LogP contribution in [0, 0.1) is 0 Å². The molecule has 0 aliphatic rings. The molecule has 9 heteroatoms. The van der Waals surface area contributed by atoms with Crippen molar-refractivity contribution in [2.24, 2.45) is 0 Å². The lowest BCUT2D eigenvalue weighted by molar-refractivity contribution is 0.229. The van der Waals surface area contributed by atoms with Crippen LogP contribution in [0.3, 0.4) is 0 Å². The highest BCUT2D eigenvalue weighted by Crippen LogP contribution is 2.42. The predicted molar refractivity (Wildman–Crippen MR) is 181 cm³/mol. The van der Waals surface area contributed by atoms with E-state index < -0.39 is 5.63 Å². The first-order valence-corrected chi connectivity index (χ1v) is 15.6. The number of hydrogen-bond donors (Lipinski definition) is 0. The van der Waals surface area contributed by atoms with Crippen molar-refractivity contribution < 1.29 is 32.8 Å².